The topological polar surface area (TPSA) is 58.2 Å². The molecule has 0 saturated heterocycles. The molecule has 0 aromatic heterocycles. The van der Waals surface area contributed by atoms with Gasteiger partial charge in [0.25, 0.3) is 5.91 Å². The lowest BCUT2D eigenvalue weighted by molar-refractivity contribution is -0.122. The fraction of sp³-hybridized carbons (Fsp3) is 0.300. The second-order valence-electron chi connectivity index (χ2n) is 6.91. The van der Waals surface area contributed by atoms with Crippen molar-refractivity contribution in [2.45, 2.75) is 32.2 Å². The molecule has 0 fully saturated rings. The Kier molecular flexibility index (Phi) is 7.32. The van der Waals surface area contributed by atoms with Gasteiger partial charge in [0.1, 0.15) is 6.04 Å². The largest absolute Gasteiger partial charge is 0.353 e. The number of hydrogen-bond donors (Lipinski definition) is 2. The lowest BCUT2D eigenvalue weighted by Gasteiger charge is -2.26. The molecule has 1 unspecified atom stereocenters. The summed E-state index contributed by atoms with van der Waals surface area (Å²) in [6.45, 7) is 6.15. The molecule has 2 aromatic carbocycles. The molecule has 0 spiro atoms. The van der Waals surface area contributed by atoms with Gasteiger partial charge in [0.2, 0.25) is 5.91 Å². The molecule has 0 aliphatic rings. The molecule has 0 aliphatic carbocycles. The van der Waals surface area contributed by atoms with Crippen LogP contribution in [0.25, 0.3) is 0 Å². The summed E-state index contributed by atoms with van der Waals surface area (Å²) < 4.78 is 1.00. The summed E-state index contributed by atoms with van der Waals surface area (Å²) in [6, 6.07) is 12.0. The van der Waals surface area contributed by atoms with Crippen LogP contribution in [0.4, 0.5) is 0 Å². The number of nitrogens with one attached hydrogen (secondary N) is 2. The maximum atomic E-state index is 12.4. The summed E-state index contributed by atoms with van der Waals surface area (Å²) in [5, 5.41) is 6.00. The highest BCUT2D eigenvalue weighted by Crippen LogP contribution is 2.26. The van der Waals surface area contributed by atoms with Crippen molar-refractivity contribution in [2.24, 2.45) is 0 Å². The van der Waals surface area contributed by atoms with Gasteiger partial charge in [-0.1, -0.05) is 71.2 Å². The number of benzene rings is 2. The van der Waals surface area contributed by atoms with Crippen LogP contribution in [-0.2, 0) is 10.2 Å². The molecule has 0 radical (unpaired) electrons. The van der Waals surface area contributed by atoms with E-state index < -0.39 is 11.9 Å². The monoisotopic (exact) mass is 470 g/mol. The molecule has 1 atom stereocenters. The predicted molar refractivity (Wildman–Crippen MR) is 114 cm³/mol. The minimum Gasteiger partial charge on any atom is -0.353 e. The van der Waals surface area contributed by atoms with Gasteiger partial charge < -0.3 is 10.6 Å². The molecule has 0 bridgehead atoms. The first-order chi connectivity index (χ1) is 12.6. The highest BCUT2D eigenvalue weighted by Gasteiger charge is 2.24. The number of carbonyl (C=O) groups is 2. The smallest absolute Gasteiger partial charge is 0.253 e. The van der Waals surface area contributed by atoms with Crippen LogP contribution < -0.4 is 10.6 Å². The van der Waals surface area contributed by atoms with Crippen molar-refractivity contribution in [1.82, 2.24) is 10.6 Å². The minimum absolute atomic E-state index is 0.167. The van der Waals surface area contributed by atoms with Gasteiger partial charge in [0.05, 0.1) is 15.6 Å². The highest BCUT2D eigenvalue weighted by atomic mass is 79.9. The first-order valence-electron chi connectivity index (χ1n) is 8.40. The SMILES string of the molecule is CC(NC(=O)c1cccc(Cl)c1Cl)C(=O)NCC(C)(C)c1ccc(Br)cc1. The Hall–Kier alpha value is -1.56. The van der Waals surface area contributed by atoms with Gasteiger partial charge in [0, 0.05) is 16.4 Å². The zero-order valence-corrected chi connectivity index (χ0v) is 18.4. The van der Waals surface area contributed by atoms with Gasteiger partial charge in [-0.2, -0.15) is 0 Å². The van der Waals surface area contributed by atoms with E-state index in [0.717, 1.165) is 10.0 Å². The quantitative estimate of drug-likeness (QED) is 0.624. The van der Waals surface area contributed by atoms with E-state index in [1.807, 2.05) is 38.1 Å². The minimum atomic E-state index is -0.715. The molecule has 0 saturated carbocycles. The van der Waals surface area contributed by atoms with Gasteiger partial charge in [-0.05, 0) is 36.8 Å². The molecule has 0 aliphatic heterocycles. The van der Waals surface area contributed by atoms with E-state index in [-0.39, 0.29) is 26.9 Å². The number of rotatable bonds is 6. The Balaban J connectivity index is 1.96. The van der Waals surface area contributed by atoms with E-state index in [1.54, 1.807) is 25.1 Å². The summed E-state index contributed by atoms with van der Waals surface area (Å²) >= 11 is 15.4. The number of halogens is 3. The Morgan fingerprint density at radius 2 is 1.74 bits per heavy atom. The van der Waals surface area contributed by atoms with Gasteiger partial charge in [-0.15, -0.1) is 0 Å². The van der Waals surface area contributed by atoms with Crippen LogP contribution in [-0.4, -0.2) is 24.4 Å². The van der Waals surface area contributed by atoms with Crippen LogP contribution in [0.3, 0.4) is 0 Å². The molecule has 7 heteroatoms. The van der Waals surface area contributed by atoms with Crippen molar-refractivity contribution in [3.8, 4) is 0 Å². The van der Waals surface area contributed by atoms with Crippen molar-refractivity contribution in [2.75, 3.05) is 6.54 Å². The van der Waals surface area contributed by atoms with Crippen molar-refractivity contribution >= 4 is 50.9 Å². The molecule has 144 valence electrons. The third-order valence-corrected chi connectivity index (χ3v) is 5.61. The molecule has 4 nitrogen and oxygen atoms in total. The van der Waals surface area contributed by atoms with Gasteiger partial charge in [-0.3, -0.25) is 9.59 Å². The standard InChI is InChI=1S/C20H21BrCl2N2O2/c1-12(25-19(27)15-5-4-6-16(22)17(15)23)18(26)24-11-20(2,3)13-7-9-14(21)10-8-13/h4-10,12H,11H2,1-3H3,(H,24,26)(H,25,27). The fourth-order valence-electron chi connectivity index (χ4n) is 2.48. The summed E-state index contributed by atoms with van der Waals surface area (Å²) in [4.78, 5) is 24.7. The van der Waals surface area contributed by atoms with Crippen molar-refractivity contribution in [3.63, 3.8) is 0 Å². The zero-order chi connectivity index (χ0) is 20.2. The first-order valence-corrected chi connectivity index (χ1v) is 9.95. The Labute approximate surface area is 177 Å². The summed E-state index contributed by atoms with van der Waals surface area (Å²) in [6.07, 6.45) is 0. The van der Waals surface area contributed by atoms with E-state index in [1.165, 1.54) is 0 Å². The molecule has 2 rings (SSSR count). The molecule has 2 N–H and O–H groups in total. The van der Waals surface area contributed by atoms with Crippen molar-refractivity contribution in [3.05, 3.63) is 68.1 Å². The normalized spacial score (nSPS) is 12.4. The lowest BCUT2D eigenvalue weighted by atomic mass is 9.84. The van der Waals surface area contributed by atoms with Crippen LogP contribution in [0.2, 0.25) is 10.0 Å². The van der Waals surface area contributed by atoms with E-state index in [2.05, 4.69) is 26.6 Å². The molecule has 0 heterocycles. The van der Waals surface area contributed by atoms with E-state index in [4.69, 9.17) is 23.2 Å². The Morgan fingerprint density at radius 3 is 2.37 bits per heavy atom. The summed E-state index contributed by atoms with van der Waals surface area (Å²) in [7, 11) is 0. The van der Waals surface area contributed by atoms with Crippen molar-refractivity contribution in [1.29, 1.82) is 0 Å². The Morgan fingerprint density at radius 1 is 1.11 bits per heavy atom. The van der Waals surface area contributed by atoms with Crippen LogP contribution in [0.5, 0.6) is 0 Å². The number of hydrogen-bond acceptors (Lipinski definition) is 2. The predicted octanol–water partition coefficient (Wildman–Crippen LogP) is 4.97. The summed E-state index contributed by atoms with van der Waals surface area (Å²) in [5.74, 6) is -0.719. The average Bonchev–Trinajstić information content (AvgIpc) is 2.62. The molecular weight excluding hydrogens is 451 g/mol. The average molecular weight is 472 g/mol. The Bertz CT molecular complexity index is 838. The molecule has 2 amide bonds. The van der Waals surface area contributed by atoms with E-state index >= 15 is 0 Å². The van der Waals surface area contributed by atoms with E-state index in [9.17, 15) is 9.59 Å². The second-order valence-corrected chi connectivity index (χ2v) is 8.61. The first kappa shape index (κ1) is 21.7. The third-order valence-electron chi connectivity index (χ3n) is 4.27. The van der Waals surface area contributed by atoms with Crippen LogP contribution in [0.15, 0.2) is 46.9 Å². The van der Waals surface area contributed by atoms with Gasteiger partial charge >= 0.3 is 0 Å². The fourth-order valence-corrected chi connectivity index (χ4v) is 3.13. The van der Waals surface area contributed by atoms with E-state index in [0.29, 0.717) is 6.54 Å². The van der Waals surface area contributed by atoms with Gasteiger partial charge in [0.15, 0.2) is 0 Å². The van der Waals surface area contributed by atoms with Crippen LogP contribution in [0.1, 0.15) is 36.7 Å². The third kappa shape index (κ3) is 5.71. The van der Waals surface area contributed by atoms with Crippen LogP contribution in [0, 0.1) is 0 Å². The molecule has 2 aromatic rings. The second kappa shape index (κ2) is 9.09. The maximum absolute atomic E-state index is 12.4. The summed E-state index contributed by atoms with van der Waals surface area (Å²) in [5.41, 5.74) is 1.09. The maximum Gasteiger partial charge on any atom is 0.253 e. The molecular formula is C20H21BrCl2N2O2. The highest BCUT2D eigenvalue weighted by molar-refractivity contribution is 9.10. The van der Waals surface area contributed by atoms with Crippen LogP contribution >= 0.6 is 39.1 Å². The number of carbonyl (C=O) groups excluding carboxylic acids is 2. The zero-order valence-electron chi connectivity index (χ0n) is 15.3. The van der Waals surface area contributed by atoms with Gasteiger partial charge in [-0.25, -0.2) is 0 Å². The molecule has 27 heavy (non-hydrogen) atoms. The lowest BCUT2D eigenvalue weighted by Crippen LogP contribution is -2.47. The number of amides is 2. The van der Waals surface area contributed by atoms with Crippen molar-refractivity contribution < 1.29 is 9.59 Å².